The number of aliphatic hydroxyl groups is 1. The fraction of sp³-hybridized carbons (Fsp3) is 0.917. The Bertz CT molecular complexity index is 278. The van der Waals surface area contributed by atoms with Gasteiger partial charge in [0.25, 0.3) is 0 Å². The molecule has 3 unspecified atom stereocenters. The number of hydrogen-bond acceptors (Lipinski definition) is 3. The van der Waals surface area contributed by atoms with Crippen LogP contribution in [0.5, 0.6) is 0 Å². The van der Waals surface area contributed by atoms with E-state index in [0.717, 1.165) is 32.5 Å². The molecule has 2 aliphatic heterocycles. The number of hydrogen-bond donors (Lipinski definition) is 2. The first-order valence-electron chi connectivity index (χ1n) is 6.21. The van der Waals surface area contributed by atoms with Crippen LogP contribution in [0.1, 0.15) is 26.7 Å². The number of nitrogens with zero attached hydrogens (tertiary/aromatic N) is 1. The highest BCUT2D eigenvalue weighted by molar-refractivity contribution is 5.80. The van der Waals surface area contributed by atoms with E-state index in [1.54, 1.807) is 0 Å². The molecule has 1 amide bonds. The van der Waals surface area contributed by atoms with Gasteiger partial charge in [-0.15, -0.1) is 0 Å². The first kappa shape index (κ1) is 11.9. The van der Waals surface area contributed by atoms with Gasteiger partial charge in [-0.05, 0) is 32.2 Å². The van der Waals surface area contributed by atoms with Crippen LogP contribution in [0.2, 0.25) is 0 Å². The summed E-state index contributed by atoms with van der Waals surface area (Å²) < 4.78 is 0. The molecule has 0 spiro atoms. The van der Waals surface area contributed by atoms with Gasteiger partial charge in [0.2, 0.25) is 5.91 Å². The van der Waals surface area contributed by atoms with Crippen molar-refractivity contribution in [1.82, 2.24) is 10.2 Å². The summed E-state index contributed by atoms with van der Waals surface area (Å²) in [6.45, 7) is 6.96. The van der Waals surface area contributed by atoms with E-state index in [2.05, 4.69) is 12.2 Å². The Labute approximate surface area is 97.0 Å². The Hall–Kier alpha value is -0.610. The second-order valence-electron chi connectivity index (χ2n) is 5.60. The SMILES string of the molecule is CC1CNCC1C(=O)N1CCCC(C)(O)C1. The van der Waals surface area contributed by atoms with Crippen molar-refractivity contribution >= 4 is 5.91 Å². The summed E-state index contributed by atoms with van der Waals surface area (Å²) in [5.74, 6) is 0.741. The third-order valence-electron chi connectivity index (χ3n) is 3.82. The van der Waals surface area contributed by atoms with Crippen molar-refractivity contribution in [2.75, 3.05) is 26.2 Å². The van der Waals surface area contributed by atoms with Gasteiger partial charge < -0.3 is 15.3 Å². The molecule has 0 bridgehead atoms. The minimum absolute atomic E-state index is 0.105. The van der Waals surface area contributed by atoms with E-state index < -0.39 is 5.60 Å². The van der Waals surface area contributed by atoms with Gasteiger partial charge in [0.15, 0.2) is 0 Å². The topological polar surface area (TPSA) is 52.6 Å². The number of carbonyl (C=O) groups excluding carboxylic acids is 1. The summed E-state index contributed by atoms with van der Waals surface area (Å²) in [5, 5.41) is 13.2. The van der Waals surface area contributed by atoms with Crippen LogP contribution in [0.3, 0.4) is 0 Å². The first-order chi connectivity index (χ1) is 7.49. The van der Waals surface area contributed by atoms with Crippen LogP contribution >= 0.6 is 0 Å². The molecule has 0 aromatic rings. The molecular weight excluding hydrogens is 204 g/mol. The number of carbonyl (C=O) groups is 1. The number of likely N-dealkylation sites (tertiary alicyclic amines) is 1. The molecule has 2 heterocycles. The minimum Gasteiger partial charge on any atom is -0.388 e. The summed E-state index contributed by atoms with van der Waals surface area (Å²) in [7, 11) is 0. The van der Waals surface area contributed by atoms with Crippen molar-refractivity contribution in [2.24, 2.45) is 11.8 Å². The Morgan fingerprint density at radius 1 is 1.50 bits per heavy atom. The number of rotatable bonds is 1. The molecular formula is C12H22N2O2. The van der Waals surface area contributed by atoms with Crippen LogP contribution in [-0.4, -0.2) is 47.7 Å². The zero-order valence-corrected chi connectivity index (χ0v) is 10.2. The lowest BCUT2D eigenvalue weighted by Crippen LogP contribution is -2.51. The zero-order valence-electron chi connectivity index (χ0n) is 10.2. The number of nitrogens with one attached hydrogen (secondary N) is 1. The third kappa shape index (κ3) is 2.38. The van der Waals surface area contributed by atoms with E-state index in [1.165, 1.54) is 0 Å². The van der Waals surface area contributed by atoms with Crippen molar-refractivity contribution in [3.05, 3.63) is 0 Å². The van der Waals surface area contributed by atoms with Crippen molar-refractivity contribution in [2.45, 2.75) is 32.3 Å². The molecule has 4 heteroatoms. The van der Waals surface area contributed by atoms with E-state index in [4.69, 9.17) is 0 Å². The largest absolute Gasteiger partial charge is 0.388 e. The van der Waals surface area contributed by atoms with Crippen LogP contribution in [-0.2, 0) is 4.79 Å². The standard InChI is InChI=1S/C12H22N2O2/c1-9-6-13-7-10(9)11(15)14-5-3-4-12(2,16)8-14/h9-10,13,16H,3-8H2,1-2H3. The highest BCUT2D eigenvalue weighted by Gasteiger charge is 2.37. The van der Waals surface area contributed by atoms with Gasteiger partial charge in [0.05, 0.1) is 11.5 Å². The molecule has 0 aliphatic carbocycles. The van der Waals surface area contributed by atoms with Crippen LogP contribution in [0, 0.1) is 11.8 Å². The van der Waals surface area contributed by atoms with Crippen molar-refractivity contribution < 1.29 is 9.90 Å². The van der Waals surface area contributed by atoms with E-state index >= 15 is 0 Å². The molecule has 16 heavy (non-hydrogen) atoms. The summed E-state index contributed by atoms with van der Waals surface area (Å²) in [5.41, 5.74) is -0.691. The maximum atomic E-state index is 12.3. The quantitative estimate of drug-likeness (QED) is 0.672. The lowest BCUT2D eigenvalue weighted by Gasteiger charge is -2.38. The molecule has 2 rings (SSSR count). The predicted molar refractivity (Wildman–Crippen MR) is 62.0 cm³/mol. The monoisotopic (exact) mass is 226 g/mol. The summed E-state index contributed by atoms with van der Waals surface area (Å²) in [6, 6.07) is 0. The van der Waals surface area contributed by atoms with Gasteiger partial charge in [0.1, 0.15) is 0 Å². The van der Waals surface area contributed by atoms with Crippen LogP contribution < -0.4 is 5.32 Å². The van der Waals surface area contributed by atoms with Gasteiger partial charge in [-0.1, -0.05) is 6.92 Å². The Morgan fingerprint density at radius 3 is 2.81 bits per heavy atom. The number of amides is 1. The zero-order chi connectivity index (χ0) is 11.8. The molecule has 2 fully saturated rings. The Morgan fingerprint density at radius 2 is 2.25 bits per heavy atom. The third-order valence-corrected chi connectivity index (χ3v) is 3.82. The van der Waals surface area contributed by atoms with Crippen LogP contribution in [0.25, 0.3) is 0 Å². The highest BCUT2D eigenvalue weighted by atomic mass is 16.3. The lowest BCUT2D eigenvalue weighted by molar-refractivity contribution is -0.142. The molecule has 2 aliphatic rings. The van der Waals surface area contributed by atoms with Crippen LogP contribution in [0.15, 0.2) is 0 Å². The smallest absolute Gasteiger partial charge is 0.227 e. The maximum absolute atomic E-state index is 12.3. The van der Waals surface area contributed by atoms with E-state index in [0.29, 0.717) is 12.5 Å². The molecule has 0 radical (unpaired) electrons. The van der Waals surface area contributed by atoms with Crippen molar-refractivity contribution in [3.63, 3.8) is 0 Å². The van der Waals surface area contributed by atoms with E-state index in [9.17, 15) is 9.90 Å². The average Bonchev–Trinajstić information content (AvgIpc) is 2.62. The number of piperidine rings is 1. The molecule has 4 nitrogen and oxygen atoms in total. The average molecular weight is 226 g/mol. The van der Waals surface area contributed by atoms with Gasteiger partial charge in [0, 0.05) is 19.6 Å². The molecule has 0 aromatic carbocycles. The van der Waals surface area contributed by atoms with Crippen molar-refractivity contribution in [3.8, 4) is 0 Å². The summed E-state index contributed by atoms with van der Waals surface area (Å²) >= 11 is 0. The molecule has 3 atom stereocenters. The van der Waals surface area contributed by atoms with Crippen LogP contribution in [0.4, 0.5) is 0 Å². The Balaban J connectivity index is 1.99. The second-order valence-corrected chi connectivity index (χ2v) is 5.60. The van der Waals surface area contributed by atoms with Gasteiger partial charge in [-0.25, -0.2) is 0 Å². The maximum Gasteiger partial charge on any atom is 0.227 e. The van der Waals surface area contributed by atoms with Gasteiger partial charge in [-0.2, -0.15) is 0 Å². The molecule has 2 saturated heterocycles. The van der Waals surface area contributed by atoms with Crippen molar-refractivity contribution in [1.29, 1.82) is 0 Å². The second kappa shape index (κ2) is 4.34. The molecule has 0 aromatic heterocycles. The normalized spacial score (nSPS) is 40.1. The highest BCUT2D eigenvalue weighted by Crippen LogP contribution is 2.25. The van der Waals surface area contributed by atoms with E-state index in [1.807, 2.05) is 11.8 Å². The first-order valence-corrected chi connectivity index (χ1v) is 6.21. The number of β-amino-alcohol motifs (C(OH)–C–C–N with tert-alkyl or cyclic N) is 1. The fourth-order valence-electron chi connectivity index (χ4n) is 2.78. The predicted octanol–water partition coefficient (Wildman–Crippen LogP) is 0.215. The fourth-order valence-corrected chi connectivity index (χ4v) is 2.78. The molecule has 92 valence electrons. The summed E-state index contributed by atoms with van der Waals surface area (Å²) in [6.07, 6.45) is 1.71. The minimum atomic E-state index is -0.691. The van der Waals surface area contributed by atoms with Gasteiger partial charge >= 0.3 is 0 Å². The molecule has 2 N–H and O–H groups in total. The summed E-state index contributed by atoms with van der Waals surface area (Å²) in [4.78, 5) is 14.1. The molecule has 0 saturated carbocycles. The lowest BCUT2D eigenvalue weighted by atomic mass is 9.91. The van der Waals surface area contributed by atoms with Gasteiger partial charge in [-0.3, -0.25) is 4.79 Å². The Kier molecular flexibility index (Phi) is 3.22. The van der Waals surface area contributed by atoms with E-state index in [-0.39, 0.29) is 11.8 Å².